The van der Waals surface area contributed by atoms with Crippen LogP contribution in [0.1, 0.15) is 31.3 Å². The minimum absolute atomic E-state index is 0.127. The van der Waals surface area contributed by atoms with E-state index < -0.39 is 10.0 Å². The van der Waals surface area contributed by atoms with E-state index >= 15 is 0 Å². The third-order valence-electron chi connectivity index (χ3n) is 4.36. The SMILES string of the molecule is Cc1ccc(N2CCN(S(=O)(=O)c3cn(C)c(C(C)C)n3)CC2)nn1. The second kappa shape index (κ2) is 6.72. The van der Waals surface area contributed by atoms with Gasteiger partial charge in [-0.1, -0.05) is 13.8 Å². The molecule has 0 unspecified atom stereocenters. The summed E-state index contributed by atoms with van der Waals surface area (Å²) in [6.07, 6.45) is 1.60. The van der Waals surface area contributed by atoms with Crippen molar-refractivity contribution in [2.24, 2.45) is 7.05 Å². The van der Waals surface area contributed by atoms with Crippen molar-refractivity contribution in [3.05, 3.63) is 29.8 Å². The van der Waals surface area contributed by atoms with Crippen LogP contribution in [0.25, 0.3) is 0 Å². The molecule has 0 saturated carbocycles. The topological polar surface area (TPSA) is 84.2 Å². The Labute approximate surface area is 148 Å². The fraction of sp³-hybridized carbons (Fsp3) is 0.562. The standard InChI is InChI=1S/C16H24N6O2S/c1-12(2)16-17-15(11-20(16)4)25(23,24)22-9-7-21(8-10-22)14-6-5-13(3)18-19-14/h5-6,11-12H,7-10H2,1-4H3. The lowest BCUT2D eigenvalue weighted by Crippen LogP contribution is -2.49. The zero-order valence-corrected chi connectivity index (χ0v) is 15.9. The predicted octanol–water partition coefficient (Wildman–Crippen LogP) is 1.15. The molecule has 1 aliphatic heterocycles. The summed E-state index contributed by atoms with van der Waals surface area (Å²) in [7, 11) is -1.74. The molecule has 0 aromatic carbocycles. The van der Waals surface area contributed by atoms with E-state index in [-0.39, 0.29) is 10.9 Å². The number of hydrogen-bond acceptors (Lipinski definition) is 6. The number of aryl methyl sites for hydroxylation is 2. The highest BCUT2D eigenvalue weighted by molar-refractivity contribution is 7.89. The van der Waals surface area contributed by atoms with Gasteiger partial charge in [0, 0.05) is 45.3 Å². The van der Waals surface area contributed by atoms with Gasteiger partial charge in [-0.3, -0.25) is 0 Å². The van der Waals surface area contributed by atoms with E-state index in [2.05, 4.69) is 20.1 Å². The van der Waals surface area contributed by atoms with E-state index in [0.29, 0.717) is 26.2 Å². The second-order valence-corrected chi connectivity index (χ2v) is 8.51. The Hall–Kier alpha value is -2.00. The van der Waals surface area contributed by atoms with E-state index in [1.807, 2.05) is 40.0 Å². The van der Waals surface area contributed by atoms with Crippen LogP contribution in [0.3, 0.4) is 0 Å². The summed E-state index contributed by atoms with van der Waals surface area (Å²) in [4.78, 5) is 6.39. The maximum absolute atomic E-state index is 12.9. The molecular weight excluding hydrogens is 340 g/mol. The van der Waals surface area contributed by atoms with Gasteiger partial charge >= 0.3 is 0 Å². The average Bonchev–Trinajstić information content (AvgIpc) is 2.99. The zero-order valence-electron chi connectivity index (χ0n) is 15.0. The highest BCUT2D eigenvalue weighted by Gasteiger charge is 2.31. The molecule has 1 aliphatic rings. The molecule has 0 amide bonds. The van der Waals surface area contributed by atoms with Gasteiger partial charge in [0.15, 0.2) is 10.8 Å². The number of aromatic nitrogens is 4. The molecule has 0 aliphatic carbocycles. The van der Waals surface area contributed by atoms with Gasteiger partial charge in [-0.05, 0) is 19.1 Å². The van der Waals surface area contributed by atoms with Crippen molar-refractivity contribution in [1.29, 1.82) is 0 Å². The number of anilines is 1. The molecule has 136 valence electrons. The molecule has 25 heavy (non-hydrogen) atoms. The van der Waals surface area contributed by atoms with Crippen molar-refractivity contribution < 1.29 is 8.42 Å². The summed E-state index contributed by atoms with van der Waals surface area (Å²) in [6.45, 7) is 7.87. The van der Waals surface area contributed by atoms with Gasteiger partial charge in [-0.2, -0.15) is 9.40 Å². The highest BCUT2D eigenvalue weighted by Crippen LogP contribution is 2.21. The third kappa shape index (κ3) is 3.52. The fourth-order valence-electron chi connectivity index (χ4n) is 2.96. The third-order valence-corrected chi connectivity index (χ3v) is 6.13. The number of piperazine rings is 1. The second-order valence-electron chi connectivity index (χ2n) is 6.63. The van der Waals surface area contributed by atoms with Gasteiger partial charge in [-0.15, -0.1) is 5.10 Å². The summed E-state index contributed by atoms with van der Waals surface area (Å²) >= 11 is 0. The van der Waals surface area contributed by atoms with Crippen LogP contribution < -0.4 is 4.90 Å². The van der Waals surface area contributed by atoms with E-state index in [9.17, 15) is 8.42 Å². The molecule has 8 nitrogen and oxygen atoms in total. The molecule has 0 N–H and O–H groups in total. The van der Waals surface area contributed by atoms with E-state index in [0.717, 1.165) is 17.3 Å². The molecule has 9 heteroatoms. The molecule has 0 bridgehead atoms. The monoisotopic (exact) mass is 364 g/mol. The van der Waals surface area contributed by atoms with Crippen LogP contribution in [-0.4, -0.2) is 58.7 Å². The Kier molecular flexibility index (Phi) is 4.79. The molecule has 3 heterocycles. The summed E-state index contributed by atoms with van der Waals surface area (Å²) < 4.78 is 29.0. The highest BCUT2D eigenvalue weighted by atomic mass is 32.2. The Balaban J connectivity index is 1.73. The molecule has 0 spiro atoms. The van der Waals surface area contributed by atoms with Gasteiger partial charge < -0.3 is 9.47 Å². The van der Waals surface area contributed by atoms with Crippen molar-refractivity contribution in [1.82, 2.24) is 24.1 Å². The van der Waals surface area contributed by atoms with Crippen LogP contribution in [0.5, 0.6) is 0 Å². The summed E-state index contributed by atoms with van der Waals surface area (Å²) in [5, 5.41) is 8.36. The van der Waals surface area contributed by atoms with Crippen LogP contribution in [0, 0.1) is 6.92 Å². The largest absolute Gasteiger partial charge is 0.352 e. The Morgan fingerprint density at radius 1 is 1.08 bits per heavy atom. The van der Waals surface area contributed by atoms with Crippen molar-refractivity contribution in [2.45, 2.75) is 31.7 Å². The maximum atomic E-state index is 12.9. The molecule has 1 fully saturated rings. The minimum Gasteiger partial charge on any atom is -0.352 e. The van der Waals surface area contributed by atoms with E-state index in [1.54, 1.807) is 10.8 Å². The van der Waals surface area contributed by atoms with Gasteiger partial charge in [0.1, 0.15) is 5.82 Å². The Morgan fingerprint density at radius 3 is 2.28 bits per heavy atom. The first-order valence-corrected chi connectivity index (χ1v) is 9.81. The van der Waals surface area contributed by atoms with Crippen LogP contribution in [0.4, 0.5) is 5.82 Å². The van der Waals surface area contributed by atoms with Crippen LogP contribution in [0.15, 0.2) is 23.4 Å². The van der Waals surface area contributed by atoms with Crippen molar-refractivity contribution in [3.63, 3.8) is 0 Å². The van der Waals surface area contributed by atoms with Gasteiger partial charge in [0.05, 0.1) is 5.69 Å². The number of imidazole rings is 1. The molecule has 2 aromatic rings. The molecule has 0 atom stereocenters. The fourth-order valence-corrected chi connectivity index (χ4v) is 4.37. The number of nitrogens with zero attached hydrogens (tertiary/aromatic N) is 6. The van der Waals surface area contributed by atoms with Crippen LogP contribution in [0.2, 0.25) is 0 Å². The number of sulfonamides is 1. The smallest absolute Gasteiger partial charge is 0.262 e. The van der Waals surface area contributed by atoms with Crippen molar-refractivity contribution in [3.8, 4) is 0 Å². The minimum atomic E-state index is -3.57. The molecule has 1 saturated heterocycles. The summed E-state index contributed by atoms with van der Waals surface area (Å²) in [5.74, 6) is 1.72. The van der Waals surface area contributed by atoms with E-state index in [1.165, 1.54) is 4.31 Å². The molecule has 0 radical (unpaired) electrons. The lowest BCUT2D eigenvalue weighted by Gasteiger charge is -2.33. The first-order valence-electron chi connectivity index (χ1n) is 8.37. The predicted molar refractivity (Wildman–Crippen MR) is 95.0 cm³/mol. The lowest BCUT2D eigenvalue weighted by molar-refractivity contribution is 0.382. The average molecular weight is 364 g/mol. The molecular formula is C16H24N6O2S. The number of rotatable bonds is 4. The first kappa shape index (κ1) is 17.8. The van der Waals surface area contributed by atoms with Crippen LogP contribution >= 0.6 is 0 Å². The Bertz CT molecular complexity index is 836. The normalized spacial score (nSPS) is 16.6. The van der Waals surface area contributed by atoms with Crippen molar-refractivity contribution >= 4 is 15.8 Å². The van der Waals surface area contributed by atoms with Crippen molar-refractivity contribution in [2.75, 3.05) is 31.1 Å². The maximum Gasteiger partial charge on any atom is 0.262 e. The van der Waals surface area contributed by atoms with E-state index in [4.69, 9.17) is 0 Å². The van der Waals surface area contributed by atoms with Crippen LogP contribution in [-0.2, 0) is 17.1 Å². The molecule has 3 rings (SSSR count). The van der Waals surface area contributed by atoms with Gasteiger partial charge in [0.2, 0.25) is 0 Å². The van der Waals surface area contributed by atoms with Gasteiger partial charge in [-0.25, -0.2) is 13.4 Å². The Morgan fingerprint density at radius 2 is 1.76 bits per heavy atom. The summed E-state index contributed by atoms with van der Waals surface area (Å²) in [6, 6.07) is 3.83. The first-order chi connectivity index (χ1) is 11.8. The lowest BCUT2D eigenvalue weighted by atomic mass is 10.2. The zero-order chi connectivity index (χ0) is 18.2. The molecule has 2 aromatic heterocycles. The summed E-state index contributed by atoms with van der Waals surface area (Å²) in [5.41, 5.74) is 0.862. The quantitative estimate of drug-likeness (QED) is 0.809. The van der Waals surface area contributed by atoms with Gasteiger partial charge in [0.25, 0.3) is 10.0 Å². The number of hydrogen-bond donors (Lipinski definition) is 0.